The van der Waals surface area contributed by atoms with Crippen molar-refractivity contribution in [1.29, 1.82) is 0 Å². The molecule has 1 amide bonds. The minimum atomic E-state index is -0.275. The Morgan fingerprint density at radius 2 is 2.08 bits per heavy atom. The first-order chi connectivity index (χ1) is 11.9. The van der Waals surface area contributed by atoms with Crippen LogP contribution >= 0.6 is 0 Å². The smallest absolute Gasteiger partial charge is 0.261 e. The maximum atomic E-state index is 12.7. The molecule has 0 saturated carbocycles. The third-order valence-corrected chi connectivity index (χ3v) is 4.43. The Labute approximate surface area is 144 Å². The second-order valence-corrected chi connectivity index (χ2v) is 7.16. The number of hydrogen-bond acceptors (Lipinski definition) is 4. The number of nitrogens with one attached hydrogen (secondary N) is 1. The molecule has 1 aromatic carbocycles. The van der Waals surface area contributed by atoms with Gasteiger partial charge in [0.2, 0.25) is 0 Å². The molecule has 1 aliphatic rings. The molecule has 1 N–H and O–H groups in total. The number of rotatable bonds is 2. The summed E-state index contributed by atoms with van der Waals surface area (Å²) in [6.07, 6.45) is 2.37. The Bertz CT molecular complexity index is 1040. The zero-order chi connectivity index (χ0) is 17.6. The summed E-state index contributed by atoms with van der Waals surface area (Å²) in [4.78, 5) is 33.8. The lowest BCUT2D eigenvalue weighted by Gasteiger charge is -2.13. The van der Waals surface area contributed by atoms with Crippen LogP contribution in [0.15, 0.2) is 47.4 Å². The van der Waals surface area contributed by atoms with Gasteiger partial charge in [0.1, 0.15) is 11.6 Å². The molecule has 0 bridgehead atoms. The highest BCUT2D eigenvalue weighted by Gasteiger charge is 2.31. The van der Waals surface area contributed by atoms with Crippen molar-refractivity contribution in [3.05, 3.63) is 64.3 Å². The summed E-state index contributed by atoms with van der Waals surface area (Å²) in [5, 5.41) is 3.28. The van der Waals surface area contributed by atoms with E-state index in [4.69, 9.17) is 0 Å². The number of hydrogen-bond donors (Lipinski definition) is 1. The van der Waals surface area contributed by atoms with Crippen LogP contribution in [0.5, 0.6) is 0 Å². The zero-order valence-corrected chi connectivity index (χ0v) is 14.1. The lowest BCUT2D eigenvalue weighted by atomic mass is 9.92. The lowest BCUT2D eigenvalue weighted by molar-refractivity contribution is 0.102. The Kier molecular flexibility index (Phi) is 3.42. The van der Waals surface area contributed by atoms with Crippen molar-refractivity contribution in [3.63, 3.8) is 0 Å². The first-order valence-corrected chi connectivity index (χ1v) is 8.19. The molecule has 1 aliphatic heterocycles. The molecule has 0 unspecified atom stereocenters. The molecular formula is C19H18N4O2. The van der Waals surface area contributed by atoms with E-state index in [-0.39, 0.29) is 16.9 Å². The average Bonchev–Trinajstić information content (AvgIpc) is 2.90. The average molecular weight is 334 g/mol. The van der Waals surface area contributed by atoms with Crippen molar-refractivity contribution in [2.24, 2.45) is 5.41 Å². The first kappa shape index (κ1) is 15.5. The van der Waals surface area contributed by atoms with E-state index in [1.807, 2.05) is 0 Å². The van der Waals surface area contributed by atoms with Gasteiger partial charge in [0, 0.05) is 24.7 Å². The van der Waals surface area contributed by atoms with Gasteiger partial charge in [-0.2, -0.15) is 0 Å². The Hall–Kier alpha value is -3.02. The Balaban J connectivity index is 1.73. The van der Waals surface area contributed by atoms with Gasteiger partial charge in [-0.15, -0.1) is 0 Å². The zero-order valence-electron chi connectivity index (χ0n) is 14.1. The van der Waals surface area contributed by atoms with Gasteiger partial charge < -0.3 is 5.32 Å². The van der Waals surface area contributed by atoms with E-state index in [0.29, 0.717) is 28.8 Å². The first-order valence-electron chi connectivity index (χ1n) is 8.19. The molecule has 2 aromatic heterocycles. The molecule has 3 aromatic rings. The van der Waals surface area contributed by atoms with Gasteiger partial charge in [-0.25, -0.2) is 9.97 Å². The van der Waals surface area contributed by atoms with E-state index in [1.54, 1.807) is 47.2 Å². The molecule has 0 fully saturated rings. The lowest BCUT2D eigenvalue weighted by Crippen LogP contribution is -2.23. The summed E-state index contributed by atoms with van der Waals surface area (Å²) < 4.78 is 1.75. The Morgan fingerprint density at radius 1 is 1.24 bits per heavy atom. The molecule has 4 rings (SSSR count). The summed E-state index contributed by atoms with van der Waals surface area (Å²) in [7, 11) is 0. The predicted octanol–water partition coefficient (Wildman–Crippen LogP) is 2.63. The fourth-order valence-corrected chi connectivity index (χ4v) is 3.24. The molecule has 6 nitrogen and oxygen atoms in total. The SMILES string of the molecule is CC1(C)Cc2nc3cc(C(=O)Nc4ccccn4)ccc3c(=O)n2C1. The fraction of sp³-hybridized carbons (Fsp3) is 0.263. The van der Waals surface area contributed by atoms with E-state index < -0.39 is 0 Å². The Morgan fingerprint density at radius 3 is 2.84 bits per heavy atom. The number of benzene rings is 1. The number of aromatic nitrogens is 3. The number of amides is 1. The van der Waals surface area contributed by atoms with Crippen LogP contribution in [0.4, 0.5) is 5.82 Å². The molecule has 0 aliphatic carbocycles. The van der Waals surface area contributed by atoms with Crippen molar-refractivity contribution in [2.75, 3.05) is 5.32 Å². The summed E-state index contributed by atoms with van der Waals surface area (Å²) >= 11 is 0. The van der Waals surface area contributed by atoms with Gasteiger partial charge in [-0.05, 0) is 35.7 Å². The maximum Gasteiger partial charge on any atom is 0.261 e. The highest BCUT2D eigenvalue weighted by molar-refractivity contribution is 6.05. The molecule has 3 heterocycles. The second kappa shape index (κ2) is 5.51. The van der Waals surface area contributed by atoms with Crippen LogP contribution in [-0.2, 0) is 13.0 Å². The number of nitrogens with zero attached hydrogens (tertiary/aromatic N) is 3. The van der Waals surface area contributed by atoms with Gasteiger partial charge in [-0.1, -0.05) is 19.9 Å². The van der Waals surface area contributed by atoms with Crippen LogP contribution in [0.25, 0.3) is 10.9 Å². The minimum Gasteiger partial charge on any atom is -0.307 e. The van der Waals surface area contributed by atoms with E-state index >= 15 is 0 Å². The number of carbonyl (C=O) groups excluding carboxylic acids is 1. The highest BCUT2D eigenvalue weighted by atomic mass is 16.1. The minimum absolute atomic E-state index is 0.0235. The summed E-state index contributed by atoms with van der Waals surface area (Å²) in [5.41, 5.74) is 0.993. The van der Waals surface area contributed by atoms with Crippen LogP contribution in [-0.4, -0.2) is 20.4 Å². The highest BCUT2D eigenvalue weighted by Crippen LogP contribution is 2.29. The van der Waals surface area contributed by atoms with E-state index in [9.17, 15) is 9.59 Å². The third-order valence-electron chi connectivity index (χ3n) is 4.43. The van der Waals surface area contributed by atoms with Crippen molar-refractivity contribution in [3.8, 4) is 0 Å². The van der Waals surface area contributed by atoms with Crippen LogP contribution in [0.3, 0.4) is 0 Å². The topological polar surface area (TPSA) is 76.9 Å². The van der Waals surface area contributed by atoms with Crippen molar-refractivity contribution >= 4 is 22.6 Å². The normalized spacial score (nSPS) is 15.1. The van der Waals surface area contributed by atoms with Gasteiger partial charge in [0.25, 0.3) is 11.5 Å². The van der Waals surface area contributed by atoms with Gasteiger partial charge >= 0.3 is 0 Å². The molecule has 0 atom stereocenters. The standard InChI is InChI=1S/C19H18N4O2/c1-19(2)10-16-21-14-9-12(6-7-13(14)18(25)23(16)11-19)17(24)22-15-5-3-4-8-20-15/h3-9H,10-11H2,1-2H3,(H,20,22,24). The third kappa shape index (κ3) is 2.80. The van der Waals surface area contributed by atoms with Crippen molar-refractivity contribution in [2.45, 2.75) is 26.8 Å². The van der Waals surface area contributed by atoms with Crippen LogP contribution in [0, 0.1) is 5.41 Å². The molecule has 0 radical (unpaired) electrons. The quantitative estimate of drug-likeness (QED) is 0.781. The molecule has 126 valence electrons. The van der Waals surface area contributed by atoms with Gasteiger partial charge in [0.15, 0.2) is 0 Å². The number of carbonyl (C=O) groups is 1. The van der Waals surface area contributed by atoms with Crippen LogP contribution < -0.4 is 10.9 Å². The molecule has 6 heteroatoms. The van der Waals surface area contributed by atoms with Crippen LogP contribution in [0.2, 0.25) is 0 Å². The molecular weight excluding hydrogens is 316 g/mol. The van der Waals surface area contributed by atoms with Gasteiger partial charge in [-0.3, -0.25) is 14.2 Å². The summed E-state index contributed by atoms with van der Waals surface area (Å²) in [5.74, 6) is 0.990. The summed E-state index contributed by atoms with van der Waals surface area (Å²) in [6.45, 7) is 4.92. The number of pyridine rings is 1. The van der Waals surface area contributed by atoms with Crippen LogP contribution in [0.1, 0.15) is 30.0 Å². The van der Waals surface area contributed by atoms with Crippen molar-refractivity contribution < 1.29 is 4.79 Å². The van der Waals surface area contributed by atoms with E-state index in [2.05, 4.69) is 29.1 Å². The number of fused-ring (bicyclic) bond motifs is 2. The fourth-order valence-electron chi connectivity index (χ4n) is 3.24. The van der Waals surface area contributed by atoms with Crippen molar-refractivity contribution in [1.82, 2.24) is 14.5 Å². The molecule has 0 saturated heterocycles. The number of anilines is 1. The second-order valence-electron chi connectivity index (χ2n) is 7.16. The maximum absolute atomic E-state index is 12.7. The van der Waals surface area contributed by atoms with E-state index in [0.717, 1.165) is 12.2 Å². The monoisotopic (exact) mass is 334 g/mol. The predicted molar refractivity (Wildman–Crippen MR) is 95.7 cm³/mol. The molecule has 0 spiro atoms. The van der Waals surface area contributed by atoms with E-state index in [1.165, 1.54) is 0 Å². The van der Waals surface area contributed by atoms with Gasteiger partial charge in [0.05, 0.1) is 10.9 Å². The largest absolute Gasteiger partial charge is 0.307 e. The summed E-state index contributed by atoms with van der Waals surface area (Å²) in [6, 6.07) is 10.3. The molecule has 25 heavy (non-hydrogen) atoms.